The smallest absolute Gasteiger partial charge is 0.0622 e. The van der Waals surface area contributed by atoms with Crippen LogP contribution in [0.25, 0.3) is 0 Å². The Labute approximate surface area is 86.6 Å². The van der Waals surface area contributed by atoms with Crippen molar-refractivity contribution in [2.45, 2.75) is 50.7 Å². The Balaban J connectivity index is 2.03. The Kier molecular flexibility index (Phi) is 2.82. The zero-order chi connectivity index (χ0) is 10.2. The number of ether oxygens (including phenoxy) is 1. The van der Waals surface area contributed by atoms with E-state index in [2.05, 4.69) is 18.7 Å². The summed E-state index contributed by atoms with van der Waals surface area (Å²) < 4.78 is 5.54. The maximum Gasteiger partial charge on any atom is 0.0622 e. The molecule has 2 heterocycles. The number of rotatable bonds is 1. The van der Waals surface area contributed by atoms with Gasteiger partial charge in [-0.05, 0) is 33.1 Å². The van der Waals surface area contributed by atoms with Gasteiger partial charge in [0.15, 0.2) is 0 Å². The van der Waals surface area contributed by atoms with Gasteiger partial charge in [0.1, 0.15) is 0 Å². The van der Waals surface area contributed by atoms with E-state index in [1.54, 1.807) is 0 Å². The van der Waals surface area contributed by atoms with Crippen LogP contribution in [-0.4, -0.2) is 42.3 Å². The van der Waals surface area contributed by atoms with Gasteiger partial charge >= 0.3 is 0 Å². The average Bonchev–Trinajstić information content (AvgIpc) is 2.44. The van der Waals surface area contributed by atoms with Crippen LogP contribution in [0.5, 0.6) is 0 Å². The van der Waals surface area contributed by atoms with E-state index in [4.69, 9.17) is 10.5 Å². The van der Waals surface area contributed by atoms with Crippen molar-refractivity contribution < 1.29 is 4.74 Å². The van der Waals surface area contributed by atoms with Crippen molar-refractivity contribution in [1.29, 1.82) is 0 Å². The molecule has 2 saturated heterocycles. The lowest BCUT2D eigenvalue weighted by Crippen LogP contribution is -2.54. The van der Waals surface area contributed by atoms with Gasteiger partial charge in [-0.2, -0.15) is 0 Å². The van der Waals surface area contributed by atoms with Crippen LogP contribution in [0.3, 0.4) is 0 Å². The van der Waals surface area contributed by atoms with E-state index >= 15 is 0 Å². The largest absolute Gasteiger partial charge is 0.380 e. The van der Waals surface area contributed by atoms with Gasteiger partial charge in [0.05, 0.1) is 6.61 Å². The molecule has 2 N–H and O–H groups in total. The predicted molar refractivity (Wildman–Crippen MR) is 57.2 cm³/mol. The second-order valence-corrected chi connectivity index (χ2v) is 5.11. The second-order valence-electron chi connectivity index (χ2n) is 5.11. The number of hydrogen-bond donors (Lipinski definition) is 1. The van der Waals surface area contributed by atoms with Crippen LogP contribution in [0.4, 0.5) is 0 Å². The van der Waals surface area contributed by atoms with E-state index in [1.807, 2.05) is 0 Å². The minimum Gasteiger partial charge on any atom is -0.380 e. The van der Waals surface area contributed by atoms with E-state index in [9.17, 15) is 0 Å². The molecule has 0 aromatic heterocycles. The summed E-state index contributed by atoms with van der Waals surface area (Å²) in [5, 5.41) is 0. The molecule has 2 aliphatic rings. The average molecular weight is 198 g/mol. The molecule has 0 radical (unpaired) electrons. The number of nitrogens with two attached hydrogens (primary N) is 1. The highest BCUT2D eigenvalue weighted by Gasteiger charge is 2.42. The summed E-state index contributed by atoms with van der Waals surface area (Å²) in [5.41, 5.74) is 6.29. The van der Waals surface area contributed by atoms with Crippen molar-refractivity contribution >= 4 is 0 Å². The molecule has 2 aliphatic heterocycles. The first kappa shape index (κ1) is 10.4. The molecule has 0 amide bonds. The zero-order valence-electron chi connectivity index (χ0n) is 9.33. The second kappa shape index (κ2) is 3.80. The van der Waals surface area contributed by atoms with Crippen molar-refractivity contribution in [2.24, 2.45) is 5.73 Å². The molecule has 2 fully saturated rings. The molecule has 0 saturated carbocycles. The van der Waals surface area contributed by atoms with E-state index in [0.717, 1.165) is 26.2 Å². The molecule has 14 heavy (non-hydrogen) atoms. The van der Waals surface area contributed by atoms with Gasteiger partial charge in [-0.3, -0.25) is 4.90 Å². The maximum atomic E-state index is 6.13. The highest BCUT2D eigenvalue weighted by atomic mass is 16.5. The summed E-state index contributed by atoms with van der Waals surface area (Å²) in [7, 11) is 0. The van der Waals surface area contributed by atoms with Crippen LogP contribution in [0.1, 0.15) is 33.1 Å². The minimum atomic E-state index is 0.158. The Morgan fingerprint density at radius 3 is 2.64 bits per heavy atom. The lowest BCUT2D eigenvalue weighted by atomic mass is 9.94. The monoisotopic (exact) mass is 198 g/mol. The van der Waals surface area contributed by atoms with E-state index in [0.29, 0.717) is 12.1 Å². The lowest BCUT2D eigenvalue weighted by Gasteiger charge is -2.41. The normalized spacial score (nSPS) is 38.8. The van der Waals surface area contributed by atoms with E-state index in [1.165, 1.54) is 12.8 Å². The Morgan fingerprint density at radius 2 is 2.14 bits per heavy atom. The highest BCUT2D eigenvalue weighted by Crippen LogP contribution is 2.31. The molecule has 2 rings (SSSR count). The molecular weight excluding hydrogens is 176 g/mol. The highest BCUT2D eigenvalue weighted by molar-refractivity contribution is 5.00. The quantitative estimate of drug-likeness (QED) is 0.682. The van der Waals surface area contributed by atoms with Crippen LogP contribution in [0, 0.1) is 0 Å². The molecule has 2 unspecified atom stereocenters. The van der Waals surface area contributed by atoms with Crippen molar-refractivity contribution in [3.05, 3.63) is 0 Å². The number of nitrogens with zero attached hydrogens (tertiary/aromatic N) is 1. The van der Waals surface area contributed by atoms with Gasteiger partial charge in [0.25, 0.3) is 0 Å². The fourth-order valence-electron chi connectivity index (χ4n) is 2.76. The van der Waals surface area contributed by atoms with Crippen molar-refractivity contribution in [3.63, 3.8) is 0 Å². The maximum absolute atomic E-state index is 6.13. The van der Waals surface area contributed by atoms with Gasteiger partial charge in [0, 0.05) is 30.8 Å². The molecule has 0 spiro atoms. The predicted octanol–water partition coefficient (Wildman–Crippen LogP) is 0.977. The van der Waals surface area contributed by atoms with E-state index < -0.39 is 0 Å². The molecule has 82 valence electrons. The molecule has 2 atom stereocenters. The van der Waals surface area contributed by atoms with E-state index in [-0.39, 0.29) is 5.54 Å². The Hall–Kier alpha value is -0.120. The zero-order valence-corrected chi connectivity index (χ0v) is 9.33. The number of likely N-dealkylation sites (tertiary alicyclic amines) is 1. The fourth-order valence-corrected chi connectivity index (χ4v) is 2.76. The fraction of sp³-hybridized carbons (Fsp3) is 1.00. The van der Waals surface area contributed by atoms with Crippen LogP contribution in [-0.2, 0) is 4.74 Å². The molecule has 0 aromatic rings. The van der Waals surface area contributed by atoms with Gasteiger partial charge in [-0.15, -0.1) is 0 Å². The van der Waals surface area contributed by atoms with Gasteiger partial charge in [-0.25, -0.2) is 0 Å². The van der Waals surface area contributed by atoms with Gasteiger partial charge in [-0.1, -0.05) is 0 Å². The van der Waals surface area contributed by atoms with Crippen LogP contribution < -0.4 is 5.73 Å². The van der Waals surface area contributed by atoms with Crippen LogP contribution in [0.2, 0.25) is 0 Å². The third-order valence-electron chi connectivity index (χ3n) is 3.91. The standard InChI is InChI=1S/C11H22N2O/c1-11(2)10(12)5-6-13(11)9-4-3-7-14-8-9/h9-10H,3-8,12H2,1-2H3. The molecule has 3 heteroatoms. The molecule has 3 nitrogen and oxygen atoms in total. The summed E-state index contributed by atoms with van der Waals surface area (Å²) in [6, 6.07) is 0.928. The van der Waals surface area contributed by atoms with Gasteiger partial charge in [0.2, 0.25) is 0 Å². The van der Waals surface area contributed by atoms with Crippen molar-refractivity contribution in [2.75, 3.05) is 19.8 Å². The van der Waals surface area contributed by atoms with Crippen LogP contribution in [0.15, 0.2) is 0 Å². The van der Waals surface area contributed by atoms with Crippen LogP contribution >= 0.6 is 0 Å². The first-order chi connectivity index (χ1) is 6.62. The lowest BCUT2D eigenvalue weighted by molar-refractivity contribution is -0.00786. The summed E-state index contributed by atoms with van der Waals surface area (Å²) in [5.74, 6) is 0. The van der Waals surface area contributed by atoms with Crippen molar-refractivity contribution in [1.82, 2.24) is 4.90 Å². The van der Waals surface area contributed by atoms with Crippen molar-refractivity contribution in [3.8, 4) is 0 Å². The topological polar surface area (TPSA) is 38.5 Å². The molecule has 0 bridgehead atoms. The summed E-state index contributed by atoms with van der Waals surface area (Å²) >= 11 is 0. The Bertz CT molecular complexity index is 199. The molecule has 0 aromatic carbocycles. The summed E-state index contributed by atoms with van der Waals surface area (Å²) in [6.07, 6.45) is 3.60. The summed E-state index contributed by atoms with van der Waals surface area (Å²) in [4.78, 5) is 2.55. The summed E-state index contributed by atoms with van der Waals surface area (Å²) in [6.45, 7) is 7.51. The van der Waals surface area contributed by atoms with Gasteiger partial charge < -0.3 is 10.5 Å². The first-order valence-corrected chi connectivity index (χ1v) is 5.72. The Morgan fingerprint density at radius 1 is 1.36 bits per heavy atom. The molecule has 0 aliphatic carbocycles. The first-order valence-electron chi connectivity index (χ1n) is 5.72. The number of hydrogen-bond acceptors (Lipinski definition) is 3. The SMILES string of the molecule is CC1(C)C(N)CCN1C1CCCOC1. The third-order valence-corrected chi connectivity index (χ3v) is 3.91. The third kappa shape index (κ3) is 1.69. The minimum absolute atomic E-state index is 0.158. The molecular formula is C11H22N2O.